The molecule has 1 aromatic heterocycles. The molecule has 7 nitrogen and oxygen atoms in total. The van der Waals surface area contributed by atoms with Gasteiger partial charge in [0.2, 0.25) is 11.9 Å². The van der Waals surface area contributed by atoms with Gasteiger partial charge in [-0.2, -0.15) is 15.0 Å². The molecule has 0 unspecified atom stereocenters. The summed E-state index contributed by atoms with van der Waals surface area (Å²) in [5, 5.41) is 3.71. The van der Waals surface area contributed by atoms with Gasteiger partial charge in [0, 0.05) is 20.1 Å². The monoisotopic (exact) mass is 299 g/mol. The van der Waals surface area contributed by atoms with Crippen molar-refractivity contribution in [3.05, 3.63) is 0 Å². The number of hydrogen-bond donors (Lipinski definition) is 1. The predicted octanol–water partition coefficient (Wildman–Crippen LogP) is 1.41. The van der Waals surface area contributed by atoms with Crippen molar-refractivity contribution >= 4 is 29.6 Å². The van der Waals surface area contributed by atoms with Gasteiger partial charge < -0.3 is 15.0 Å². The molecule has 0 amide bonds. The fraction of sp³-hybridized carbons (Fsp3) is 0.667. The fourth-order valence-corrected chi connectivity index (χ4v) is 1.84. The normalized spacial score (nSPS) is 11.8. The zero-order chi connectivity index (χ0) is 15.1. The number of aromatic nitrogens is 3. The lowest BCUT2D eigenvalue weighted by Gasteiger charge is -2.15. The van der Waals surface area contributed by atoms with Crippen molar-refractivity contribution in [3.63, 3.8) is 0 Å². The van der Waals surface area contributed by atoms with Gasteiger partial charge in [0.05, 0.1) is 12.9 Å². The summed E-state index contributed by atoms with van der Waals surface area (Å²) in [5.74, 6) is 0.942. The highest BCUT2D eigenvalue weighted by Crippen LogP contribution is 2.18. The van der Waals surface area contributed by atoms with Crippen molar-refractivity contribution in [1.29, 1.82) is 0 Å². The molecule has 1 atom stereocenters. The van der Waals surface area contributed by atoms with Gasteiger partial charge in [-0.25, -0.2) is 0 Å². The van der Waals surface area contributed by atoms with Gasteiger partial charge in [-0.05, 0) is 13.3 Å². The first-order valence-electron chi connectivity index (χ1n) is 6.35. The first-order valence-corrected chi connectivity index (χ1v) is 7.34. The zero-order valence-corrected chi connectivity index (χ0v) is 13.3. The number of esters is 1. The van der Waals surface area contributed by atoms with Gasteiger partial charge in [-0.1, -0.05) is 18.7 Å². The summed E-state index contributed by atoms with van der Waals surface area (Å²) >= 11 is 1.23. The SMILES string of the molecule is CC[C@@H](C)Nc1nc(SCC(=O)OC)nc(N(C)C)n1. The first kappa shape index (κ1) is 16.5. The highest BCUT2D eigenvalue weighted by molar-refractivity contribution is 7.99. The molecule has 0 aliphatic heterocycles. The van der Waals surface area contributed by atoms with Crippen molar-refractivity contribution in [3.8, 4) is 0 Å². The fourth-order valence-electron chi connectivity index (χ4n) is 1.18. The molecule has 20 heavy (non-hydrogen) atoms. The van der Waals surface area contributed by atoms with E-state index in [0.29, 0.717) is 17.1 Å². The van der Waals surface area contributed by atoms with E-state index >= 15 is 0 Å². The number of anilines is 2. The minimum atomic E-state index is -0.307. The molecular formula is C12H21N5O2S. The van der Waals surface area contributed by atoms with Crippen LogP contribution in [0.5, 0.6) is 0 Å². The van der Waals surface area contributed by atoms with E-state index in [4.69, 9.17) is 0 Å². The van der Waals surface area contributed by atoms with Gasteiger partial charge in [0.25, 0.3) is 0 Å². The second-order valence-electron chi connectivity index (χ2n) is 4.45. The summed E-state index contributed by atoms with van der Waals surface area (Å²) in [4.78, 5) is 25.9. The molecule has 112 valence electrons. The van der Waals surface area contributed by atoms with Crippen LogP contribution in [0.4, 0.5) is 11.9 Å². The van der Waals surface area contributed by atoms with Crippen LogP contribution in [0.2, 0.25) is 0 Å². The Bertz CT molecular complexity index is 455. The number of thioether (sulfide) groups is 1. The second-order valence-corrected chi connectivity index (χ2v) is 5.40. The standard InChI is InChI=1S/C12H21N5O2S/c1-6-8(2)13-10-14-11(17(3)4)16-12(15-10)20-7-9(18)19-5/h8H,6-7H2,1-5H3,(H,13,14,15,16)/t8-/m1/s1. The average molecular weight is 299 g/mol. The summed E-state index contributed by atoms with van der Waals surface area (Å²) in [6.45, 7) is 4.14. The van der Waals surface area contributed by atoms with Gasteiger partial charge in [0.1, 0.15) is 0 Å². The van der Waals surface area contributed by atoms with E-state index in [0.717, 1.165) is 6.42 Å². The third-order valence-electron chi connectivity index (χ3n) is 2.54. The number of ether oxygens (including phenoxy) is 1. The van der Waals surface area contributed by atoms with E-state index in [1.165, 1.54) is 18.9 Å². The predicted molar refractivity (Wildman–Crippen MR) is 80.3 cm³/mol. The van der Waals surface area contributed by atoms with Crippen LogP contribution in [0.1, 0.15) is 20.3 Å². The number of hydrogen-bond acceptors (Lipinski definition) is 8. The molecule has 0 radical (unpaired) electrons. The van der Waals surface area contributed by atoms with Gasteiger partial charge >= 0.3 is 5.97 Å². The van der Waals surface area contributed by atoms with Crippen LogP contribution < -0.4 is 10.2 Å². The maximum absolute atomic E-state index is 11.2. The molecule has 0 saturated heterocycles. The molecule has 0 aliphatic rings. The first-order chi connectivity index (χ1) is 9.46. The molecule has 1 heterocycles. The van der Waals surface area contributed by atoms with Crippen LogP contribution in [-0.4, -0.2) is 53.9 Å². The minimum absolute atomic E-state index is 0.177. The van der Waals surface area contributed by atoms with Crippen LogP contribution in [-0.2, 0) is 9.53 Å². The van der Waals surface area contributed by atoms with E-state index in [-0.39, 0.29) is 17.8 Å². The maximum atomic E-state index is 11.2. The molecular weight excluding hydrogens is 278 g/mol. The Morgan fingerprint density at radius 2 is 2.10 bits per heavy atom. The molecule has 1 aromatic rings. The average Bonchev–Trinajstić information content (AvgIpc) is 2.44. The highest BCUT2D eigenvalue weighted by Gasteiger charge is 2.12. The van der Waals surface area contributed by atoms with Crippen LogP contribution in [0.3, 0.4) is 0 Å². The summed E-state index contributed by atoms with van der Waals surface area (Å²) in [7, 11) is 5.08. The summed E-state index contributed by atoms with van der Waals surface area (Å²) in [6.07, 6.45) is 0.966. The van der Waals surface area contributed by atoms with Gasteiger partial charge in [-0.15, -0.1) is 0 Å². The Kier molecular flexibility index (Phi) is 6.50. The van der Waals surface area contributed by atoms with Gasteiger partial charge in [0.15, 0.2) is 5.16 Å². The Morgan fingerprint density at radius 1 is 1.40 bits per heavy atom. The lowest BCUT2D eigenvalue weighted by atomic mass is 10.3. The van der Waals surface area contributed by atoms with Crippen molar-refractivity contribution in [2.45, 2.75) is 31.5 Å². The Labute approximate surface area is 123 Å². The lowest BCUT2D eigenvalue weighted by molar-refractivity contribution is -0.137. The molecule has 0 aromatic carbocycles. The van der Waals surface area contributed by atoms with E-state index in [9.17, 15) is 4.79 Å². The molecule has 1 N–H and O–H groups in total. The van der Waals surface area contributed by atoms with Crippen LogP contribution in [0.15, 0.2) is 5.16 Å². The van der Waals surface area contributed by atoms with Crippen LogP contribution in [0.25, 0.3) is 0 Å². The van der Waals surface area contributed by atoms with Crippen LogP contribution >= 0.6 is 11.8 Å². The molecule has 8 heteroatoms. The van der Waals surface area contributed by atoms with E-state index in [1.54, 1.807) is 4.90 Å². The van der Waals surface area contributed by atoms with Crippen molar-refractivity contribution < 1.29 is 9.53 Å². The number of nitrogens with zero attached hydrogens (tertiary/aromatic N) is 4. The van der Waals surface area contributed by atoms with E-state index < -0.39 is 0 Å². The second kappa shape index (κ2) is 7.88. The molecule has 1 rings (SSSR count). The number of rotatable bonds is 7. The maximum Gasteiger partial charge on any atom is 0.316 e. The smallest absolute Gasteiger partial charge is 0.316 e. The molecule has 0 fully saturated rings. The molecule has 0 spiro atoms. The summed E-state index contributed by atoms with van der Waals surface area (Å²) < 4.78 is 4.60. The summed E-state index contributed by atoms with van der Waals surface area (Å²) in [6, 6.07) is 0.269. The Hall–Kier alpha value is -1.57. The Balaban J connectivity index is 2.89. The third-order valence-corrected chi connectivity index (χ3v) is 3.36. The zero-order valence-electron chi connectivity index (χ0n) is 12.5. The number of carbonyl (C=O) groups is 1. The molecule has 0 aliphatic carbocycles. The number of methoxy groups -OCH3 is 1. The minimum Gasteiger partial charge on any atom is -0.468 e. The van der Waals surface area contributed by atoms with Crippen molar-refractivity contribution in [2.24, 2.45) is 0 Å². The lowest BCUT2D eigenvalue weighted by Crippen LogP contribution is -2.19. The largest absolute Gasteiger partial charge is 0.468 e. The Morgan fingerprint density at radius 3 is 2.65 bits per heavy atom. The van der Waals surface area contributed by atoms with E-state index in [1.807, 2.05) is 14.1 Å². The van der Waals surface area contributed by atoms with E-state index in [2.05, 4.69) is 38.9 Å². The molecule has 0 bridgehead atoms. The van der Waals surface area contributed by atoms with Crippen molar-refractivity contribution in [2.75, 3.05) is 37.2 Å². The quantitative estimate of drug-likeness (QED) is 0.598. The number of carbonyl (C=O) groups excluding carboxylic acids is 1. The topological polar surface area (TPSA) is 80.2 Å². The van der Waals surface area contributed by atoms with Crippen LogP contribution in [0, 0.1) is 0 Å². The summed E-state index contributed by atoms with van der Waals surface area (Å²) in [5.41, 5.74) is 0. The number of nitrogens with one attached hydrogen (secondary N) is 1. The van der Waals surface area contributed by atoms with Gasteiger partial charge in [-0.3, -0.25) is 4.79 Å². The van der Waals surface area contributed by atoms with Crippen molar-refractivity contribution in [1.82, 2.24) is 15.0 Å². The highest BCUT2D eigenvalue weighted by atomic mass is 32.2. The molecule has 0 saturated carbocycles. The third kappa shape index (κ3) is 5.20.